The van der Waals surface area contributed by atoms with Crippen LogP contribution in [0.1, 0.15) is 20.7 Å². The van der Waals surface area contributed by atoms with Crippen LogP contribution in [0.3, 0.4) is 0 Å². The molecule has 0 fully saturated rings. The number of anilines is 1. The van der Waals surface area contributed by atoms with Crippen LogP contribution in [0, 0.1) is 0 Å². The molecule has 28 heavy (non-hydrogen) atoms. The molecule has 0 spiro atoms. The molecule has 0 atom stereocenters. The van der Waals surface area contributed by atoms with Gasteiger partial charge >= 0.3 is 0 Å². The lowest BCUT2D eigenvalue weighted by molar-refractivity contribution is 0.0891. The number of carbonyl (C=O) groups is 2. The van der Waals surface area contributed by atoms with E-state index >= 15 is 0 Å². The van der Waals surface area contributed by atoms with Crippen molar-refractivity contribution in [1.29, 1.82) is 0 Å². The number of nitrogens with zero attached hydrogens (tertiary/aromatic N) is 2. The molecule has 0 saturated heterocycles. The van der Waals surface area contributed by atoms with Crippen LogP contribution in [0.4, 0.5) is 14.6 Å². The number of halogens is 2. The Kier molecular flexibility index (Phi) is 6.01. The van der Waals surface area contributed by atoms with E-state index in [0.29, 0.717) is 22.6 Å². The summed E-state index contributed by atoms with van der Waals surface area (Å²) in [6, 6.07) is 15.0. The zero-order chi connectivity index (χ0) is 19.9. The lowest BCUT2D eigenvalue weighted by atomic mass is 10.1. The number of alkyl halides is 2. The number of hydrogen-bond donors (Lipinski definition) is 2. The predicted octanol–water partition coefficient (Wildman–Crippen LogP) is 3.39. The molecular formula is C20H16F2N4O2. The summed E-state index contributed by atoms with van der Waals surface area (Å²) in [6.07, 6.45) is 0.301. The van der Waals surface area contributed by atoms with Gasteiger partial charge in [-0.15, -0.1) is 0 Å². The normalized spacial score (nSPS) is 10.5. The van der Waals surface area contributed by atoms with E-state index in [-0.39, 0.29) is 11.5 Å². The van der Waals surface area contributed by atoms with Gasteiger partial charge < -0.3 is 10.6 Å². The molecule has 2 aromatic heterocycles. The monoisotopic (exact) mass is 382 g/mol. The number of carbonyl (C=O) groups excluding carboxylic acids is 2. The average molecular weight is 382 g/mol. The maximum Gasteiger partial charge on any atom is 0.256 e. The van der Waals surface area contributed by atoms with Gasteiger partial charge in [-0.2, -0.15) is 0 Å². The van der Waals surface area contributed by atoms with Crippen LogP contribution in [0.2, 0.25) is 0 Å². The van der Waals surface area contributed by atoms with Gasteiger partial charge in [-0.25, -0.2) is 13.8 Å². The van der Waals surface area contributed by atoms with Crippen molar-refractivity contribution >= 4 is 17.6 Å². The van der Waals surface area contributed by atoms with Gasteiger partial charge in [-0.1, -0.05) is 18.2 Å². The van der Waals surface area contributed by atoms with Gasteiger partial charge in [-0.3, -0.25) is 14.6 Å². The van der Waals surface area contributed by atoms with Crippen molar-refractivity contribution in [2.45, 2.75) is 6.43 Å². The molecule has 0 saturated carbocycles. The molecule has 1 aromatic carbocycles. The number of rotatable bonds is 6. The van der Waals surface area contributed by atoms with E-state index in [0.717, 1.165) is 0 Å². The van der Waals surface area contributed by atoms with Crippen molar-refractivity contribution in [3.8, 4) is 11.3 Å². The minimum atomic E-state index is -2.62. The molecule has 0 unspecified atom stereocenters. The first-order valence-electron chi connectivity index (χ1n) is 8.38. The first-order valence-corrected chi connectivity index (χ1v) is 8.38. The van der Waals surface area contributed by atoms with Gasteiger partial charge in [0.15, 0.2) is 0 Å². The van der Waals surface area contributed by atoms with E-state index in [1.54, 1.807) is 36.4 Å². The van der Waals surface area contributed by atoms with Crippen molar-refractivity contribution in [3.05, 3.63) is 78.1 Å². The zero-order valence-electron chi connectivity index (χ0n) is 14.6. The average Bonchev–Trinajstić information content (AvgIpc) is 2.73. The van der Waals surface area contributed by atoms with Crippen LogP contribution >= 0.6 is 0 Å². The van der Waals surface area contributed by atoms with E-state index in [1.165, 1.54) is 24.5 Å². The summed E-state index contributed by atoms with van der Waals surface area (Å²) < 4.78 is 24.5. The van der Waals surface area contributed by atoms with Crippen molar-refractivity contribution < 1.29 is 18.4 Å². The number of aromatic nitrogens is 2. The fourth-order valence-corrected chi connectivity index (χ4v) is 2.40. The van der Waals surface area contributed by atoms with Crippen LogP contribution in [-0.4, -0.2) is 34.8 Å². The highest BCUT2D eigenvalue weighted by atomic mass is 19.3. The summed E-state index contributed by atoms with van der Waals surface area (Å²) in [5.74, 6) is -0.524. The Labute approximate surface area is 159 Å². The Bertz CT molecular complexity index is 963. The van der Waals surface area contributed by atoms with Crippen LogP contribution in [-0.2, 0) is 0 Å². The van der Waals surface area contributed by atoms with Crippen LogP contribution in [0.5, 0.6) is 0 Å². The molecular weight excluding hydrogens is 366 g/mol. The molecule has 2 heterocycles. The van der Waals surface area contributed by atoms with E-state index < -0.39 is 18.9 Å². The Hall–Kier alpha value is -3.68. The molecule has 6 nitrogen and oxygen atoms in total. The maximum atomic E-state index is 12.2. The van der Waals surface area contributed by atoms with Crippen LogP contribution in [0.25, 0.3) is 11.3 Å². The van der Waals surface area contributed by atoms with Crippen LogP contribution in [0.15, 0.2) is 67.0 Å². The smallest absolute Gasteiger partial charge is 0.256 e. The highest BCUT2D eigenvalue weighted by Gasteiger charge is 2.11. The number of nitrogens with one attached hydrogen (secondary N) is 2. The minimum Gasteiger partial charge on any atom is -0.346 e. The Balaban J connectivity index is 1.70. The Morgan fingerprint density at radius 2 is 1.71 bits per heavy atom. The number of benzene rings is 1. The standard InChI is InChI=1S/C20H16F2N4O2/c21-17(22)12-25-19(27)14-8-9-23-16(10-14)15-6-7-18(24-11-15)26-20(28)13-4-2-1-3-5-13/h1-11,17H,12H2,(H,25,27)(H,24,26,28). The van der Waals surface area contributed by atoms with E-state index in [9.17, 15) is 18.4 Å². The number of hydrogen-bond acceptors (Lipinski definition) is 4. The van der Waals surface area contributed by atoms with Gasteiger partial charge in [0, 0.05) is 29.1 Å². The third-order valence-corrected chi connectivity index (χ3v) is 3.78. The lowest BCUT2D eigenvalue weighted by Crippen LogP contribution is -2.28. The summed E-state index contributed by atoms with van der Waals surface area (Å²) in [5, 5.41) is 4.83. The molecule has 0 aliphatic rings. The van der Waals surface area contributed by atoms with Gasteiger partial charge in [-0.05, 0) is 36.4 Å². The largest absolute Gasteiger partial charge is 0.346 e. The highest BCUT2D eigenvalue weighted by molar-refractivity contribution is 6.03. The van der Waals surface area contributed by atoms with Crippen molar-refractivity contribution in [2.75, 3.05) is 11.9 Å². The summed E-state index contributed by atoms with van der Waals surface area (Å²) in [4.78, 5) is 32.4. The lowest BCUT2D eigenvalue weighted by Gasteiger charge is -2.07. The molecule has 0 aliphatic heterocycles. The van der Waals surface area contributed by atoms with Crippen molar-refractivity contribution in [3.63, 3.8) is 0 Å². The second-order valence-electron chi connectivity index (χ2n) is 5.78. The summed E-state index contributed by atoms with van der Waals surface area (Å²) in [6.45, 7) is -0.714. The fourth-order valence-electron chi connectivity index (χ4n) is 2.40. The third kappa shape index (κ3) is 4.94. The zero-order valence-corrected chi connectivity index (χ0v) is 14.6. The van der Waals surface area contributed by atoms with Crippen LogP contribution < -0.4 is 10.6 Å². The number of amides is 2. The minimum absolute atomic E-state index is 0.215. The molecule has 3 aromatic rings. The summed E-state index contributed by atoms with van der Waals surface area (Å²) in [5.41, 5.74) is 1.80. The highest BCUT2D eigenvalue weighted by Crippen LogP contribution is 2.19. The van der Waals surface area contributed by atoms with E-state index in [4.69, 9.17) is 0 Å². The molecule has 0 aliphatic carbocycles. The van der Waals surface area contributed by atoms with Crippen molar-refractivity contribution in [2.24, 2.45) is 0 Å². The summed E-state index contributed by atoms with van der Waals surface area (Å²) >= 11 is 0. The van der Waals surface area contributed by atoms with E-state index in [1.807, 2.05) is 6.07 Å². The quantitative estimate of drug-likeness (QED) is 0.685. The van der Waals surface area contributed by atoms with Crippen molar-refractivity contribution in [1.82, 2.24) is 15.3 Å². The van der Waals surface area contributed by atoms with Gasteiger partial charge in [0.1, 0.15) is 5.82 Å². The third-order valence-electron chi connectivity index (χ3n) is 3.78. The summed E-state index contributed by atoms with van der Waals surface area (Å²) in [7, 11) is 0. The van der Waals surface area contributed by atoms with Gasteiger partial charge in [0.25, 0.3) is 18.2 Å². The molecule has 3 rings (SSSR count). The van der Waals surface area contributed by atoms with Gasteiger partial charge in [0.2, 0.25) is 0 Å². The first kappa shape index (κ1) is 19.1. The Morgan fingerprint density at radius 1 is 0.929 bits per heavy atom. The van der Waals surface area contributed by atoms with E-state index in [2.05, 4.69) is 20.6 Å². The fraction of sp³-hybridized carbons (Fsp3) is 0.100. The SMILES string of the molecule is O=C(NCC(F)F)c1ccnc(-c2ccc(NC(=O)c3ccccc3)nc2)c1. The maximum absolute atomic E-state index is 12.2. The second kappa shape index (κ2) is 8.81. The molecule has 8 heteroatoms. The predicted molar refractivity (Wildman–Crippen MR) is 100 cm³/mol. The number of pyridine rings is 2. The molecule has 2 N–H and O–H groups in total. The second-order valence-corrected chi connectivity index (χ2v) is 5.78. The topological polar surface area (TPSA) is 84.0 Å². The molecule has 0 radical (unpaired) electrons. The molecule has 2 amide bonds. The Morgan fingerprint density at radius 3 is 2.39 bits per heavy atom. The first-order chi connectivity index (χ1) is 13.5. The molecule has 142 valence electrons. The molecule has 0 bridgehead atoms. The van der Waals surface area contributed by atoms with Gasteiger partial charge in [0.05, 0.1) is 12.2 Å².